The zero-order chi connectivity index (χ0) is 52.5. The minimum absolute atomic E-state index is 0.0490. The van der Waals surface area contributed by atoms with Crippen molar-refractivity contribution in [2.75, 3.05) is 13.2 Å². The first kappa shape index (κ1) is 66.1. The van der Waals surface area contributed by atoms with Gasteiger partial charge in [0, 0.05) is 12.8 Å². The summed E-state index contributed by atoms with van der Waals surface area (Å²) in [4.78, 5) is 26.4. The predicted octanol–water partition coefficient (Wildman–Crippen LogP) is 12.3. The third-order valence-electron chi connectivity index (χ3n) is 12.2. The molecule has 0 aromatic heterocycles. The van der Waals surface area contributed by atoms with Crippen LogP contribution in [0, 0.1) is 0 Å². The largest absolute Gasteiger partial charge is 0.454 e. The summed E-state index contributed by atoms with van der Waals surface area (Å²) in [5.41, 5.74) is 0. The highest BCUT2D eigenvalue weighted by Crippen LogP contribution is 2.26. The normalized spacial score (nSPS) is 20.5. The highest BCUT2D eigenvalue weighted by Gasteiger charge is 2.47. The standard InChI is InChI=1S/C61H99NO10/c1-4-7-10-13-16-19-22-25-26-27-28-29-31-33-36-39-42-45-48-54(65)60(69)62-52(53(64)47-44-41-38-35-32-24-21-18-15-12-9-6-3)51-70-61-59(58(68)57(67)55(50-63)71-61)72-56(66)49-46-43-40-37-34-30-23-20-17-14-11-8-5-2/h7-8,10-11,14,16-17,19-20,23,25-26,28-29,33,36,42,44-45,47,52-55,57-59,61,63-65,67-68H,4-6,9,12-13,15,18,21-22,24,27,30-32,34-35,37-41,43,46,48-51H2,1-3H3,(H,62,69)/b10-7-,11-8+,17-14+,19-16-,23-20-,26-25-,29-28-,36-33-,45-42-,47-44+. The molecule has 1 saturated heterocycles. The van der Waals surface area contributed by atoms with E-state index in [0.717, 1.165) is 96.3 Å². The van der Waals surface area contributed by atoms with Crippen molar-refractivity contribution in [1.82, 2.24) is 5.32 Å². The average Bonchev–Trinajstić information content (AvgIpc) is 3.38. The number of esters is 1. The third kappa shape index (κ3) is 36.1. The van der Waals surface area contributed by atoms with E-state index in [9.17, 15) is 35.1 Å². The van der Waals surface area contributed by atoms with E-state index >= 15 is 0 Å². The molecule has 72 heavy (non-hydrogen) atoms. The molecular weight excluding hydrogens is 907 g/mol. The van der Waals surface area contributed by atoms with Crippen LogP contribution < -0.4 is 5.32 Å². The Hall–Kier alpha value is -3.94. The first-order chi connectivity index (χ1) is 35.2. The number of rotatable bonds is 44. The van der Waals surface area contributed by atoms with Gasteiger partial charge in [0.1, 0.15) is 24.4 Å². The van der Waals surface area contributed by atoms with E-state index in [1.807, 2.05) is 42.5 Å². The summed E-state index contributed by atoms with van der Waals surface area (Å²) in [7, 11) is 0. The minimum atomic E-state index is -1.64. The summed E-state index contributed by atoms with van der Waals surface area (Å²) in [6, 6.07) is -1.08. The molecule has 11 heteroatoms. The van der Waals surface area contributed by atoms with Crippen LogP contribution in [-0.2, 0) is 23.8 Å². The van der Waals surface area contributed by atoms with Crippen molar-refractivity contribution >= 4 is 11.9 Å². The molecular formula is C61H99NO10. The molecule has 1 fully saturated rings. The van der Waals surface area contributed by atoms with E-state index in [-0.39, 0.29) is 19.4 Å². The summed E-state index contributed by atoms with van der Waals surface area (Å²) in [6.07, 6.45) is 55.5. The monoisotopic (exact) mass is 1010 g/mol. The number of amides is 1. The molecule has 0 bridgehead atoms. The topological polar surface area (TPSA) is 175 Å². The number of hydrogen-bond acceptors (Lipinski definition) is 10. The fourth-order valence-corrected chi connectivity index (χ4v) is 7.78. The number of aliphatic hydroxyl groups is 5. The van der Waals surface area contributed by atoms with E-state index in [4.69, 9.17) is 14.2 Å². The fraction of sp³-hybridized carbons (Fsp3) is 0.639. The third-order valence-corrected chi connectivity index (χ3v) is 12.2. The van der Waals surface area contributed by atoms with Crippen molar-refractivity contribution in [3.05, 3.63) is 122 Å². The lowest BCUT2D eigenvalue weighted by atomic mass is 9.99. The molecule has 1 amide bonds. The molecule has 8 atom stereocenters. The highest BCUT2D eigenvalue weighted by molar-refractivity contribution is 5.81. The summed E-state index contributed by atoms with van der Waals surface area (Å²) in [5.74, 6) is -1.32. The zero-order valence-corrected chi connectivity index (χ0v) is 44.7. The second kappa shape index (κ2) is 48.0. The average molecular weight is 1010 g/mol. The van der Waals surface area contributed by atoms with Gasteiger partial charge in [0.25, 0.3) is 0 Å². The van der Waals surface area contributed by atoms with Crippen molar-refractivity contribution in [1.29, 1.82) is 0 Å². The van der Waals surface area contributed by atoms with Crippen LogP contribution in [0.3, 0.4) is 0 Å². The number of unbranched alkanes of at least 4 members (excludes halogenated alkanes) is 15. The Labute approximate surface area is 436 Å². The van der Waals surface area contributed by atoms with Gasteiger partial charge in [-0.2, -0.15) is 0 Å². The molecule has 8 unspecified atom stereocenters. The molecule has 1 aliphatic rings. The van der Waals surface area contributed by atoms with Crippen molar-refractivity contribution in [3.8, 4) is 0 Å². The Morgan fingerprint density at radius 3 is 1.60 bits per heavy atom. The molecule has 0 saturated carbocycles. The number of hydrogen-bond donors (Lipinski definition) is 6. The van der Waals surface area contributed by atoms with Crippen LogP contribution in [-0.4, -0.2) is 99.6 Å². The molecule has 0 aromatic rings. The fourth-order valence-electron chi connectivity index (χ4n) is 7.78. The van der Waals surface area contributed by atoms with Crippen molar-refractivity contribution < 1.29 is 49.3 Å². The van der Waals surface area contributed by atoms with Gasteiger partial charge in [0.2, 0.25) is 5.91 Å². The zero-order valence-electron chi connectivity index (χ0n) is 44.7. The van der Waals surface area contributed by atoms with Gasteiger partial charge >= 0.3 is 5.97 Å². The molecule has 0 aromatic carbocycles. The molecule has 0 radical (unpaired) electrons. The Morgan fingerprint density at radius 2 is 1.06 bits per heavy atom. The van der Waals surface area contributed by atoms with Gasteiger partial charge in [-0.05, 0) is 77.0 Å². The number of ether oxygens (including phenoxy) is 3. The van der Waals surface area contributed by atoms with Crippen LogP contribution in [0.25, 0.3) is 0 Å². The van der Waals surface area contributed by atoms with Crippen LogP contribution >= 0.6 is 0 Å². The Kier molecular flexibility index (Phi) is 44.1. The number of aliphatic hydroxyl groups excluding tert-OH is 5. The highest BCUT2D eigenvalue weighted by atomic mass is 16.7. The summed E-state index contributed by atoms with van der Waals surface area (Å²) >= 11 is 0. The molecule has 408 valence electrons. The van der Waals surface area contributed by atoms with Crippen LogP contribution in [0.15, 0.2) is 122 Å². The molecule has 1 rings (SSSR count). The maximum Gasteiger partial charge on any atom is 0.306 e. The van der Waals surface area contributed by atoms with E-state index in [2.05, 4.69) is 92.9 Å². The van der Waals surface area contributed by atoms with Crippen molar-refractivity contribution in [2.45, 2.75) is 237 Å². The molecule has 1 heterocycles. The minimum Gasteiger partial charge on any atom is -0.454 e. The van der Waals surface area contributed by atoms with Gasteiger partial charge in [-0.1, -0.05) is 219 Å². The number of carbonyl (C=O) groups is 2. The Bertz CT molecular complexity index is 1630. The lowest BCUT2D eigenvalue weighted by Crippen LogP contribution is -2.61. The van der Waals surface area contributed by atoms with Crippen LogP contribution in [0.4, 0.5) is 0 Å². The maximum absolute atomic E-state index is 13.3. The van der Waals surface area contributed by atoms with Gasteiger partial charge in [-0.25, -0.2) is 0 Å². The van der Waals surface area contributed by atoms with Crippen LogP contribution in [0.2, 0.25) is 0 Å². The lowest BCUT2D eigenvalue weighted by molar-refractivity contribution is -0.305. The van der Waals surface area contributed by atoms with E-state index < -0.39 is 67.4 Å². The summed E-state index contributed by atoms with van der Waals surface area (Å²) in [6.45, 7) is 5.44. The molecule has 0 spiro atoms. The maximum atomic E-state index is 13.3. The second-order valence-electron chi connectivity index (χ2n) is 18.6. The van der Waals surface area contributed by atoms with Gasteiger partial charge in [-0.3, -0.25) is 9.59 Å². The number of allylic oxidation sites excluding steroid dienone is 18. The SMILES string of the molecule is CC/C=C\C/C=C\C/C=C\C/C=C\C/C=C\C/C=C\CC(O)C(=O)NC(COC1OC(CO)C(O)C(O)C1OC(=O)CCCCCCC\C=C/C=C/C=C/CC)C(O)/C=C/CCCCCCCCCCCC. The van der Waals surface area contributed by atoms with Gasteiger partial charge < -0.3 is 45.1 Å². The van der Waals surface area contributed by atoms with Crippen LogP contribution in [0.1, 0.15) is 188 Å². The van der Waals surface area contributed by atoms with Crippen molar-refractivity contribution in [2.24, 2.45) is 0 Å². The Morgan fingerprint density at radius 1 is 0.569 bits per heavy atom. The molecule has 11 nitrogen and oxygen atoms in total. The predicted molar refractivity (Wildman–Crippen MR) is 296 cm³/mol. The van der Waals surface area contributed by atoms with Gasteiger partial charge in [0.05, 0.1) is 25.4 Å². The Balaban J connectivity index is 2.82. The van der Waals surface area contributed by atoms with E-state index in [1.165, 1.54) is 44.9 Å². The summed E-state index contributed by atoms with van der Waals surface area (Å²) in [5, 5.41) is 56.6. The first-order valence-corrected chi connectivity index (χ1v) is 27.8. The number of carbonyl (C=O) groups excluding carboxylic acids is 2. The van der Waals surface area contributed by atoms with E-state index in [0.29, 0.717) is 12.8 Å². The second-order valence-corrected chi connectivity index (χ2v) is 18.6. The lowest BCUT2D eigenvalue weighted by Gasteiger charge is -2.41. The molecule has 1 aliphatic heterocycles. The first-order valence-electron chi connectivity index (χ1n) is 27.8. The number of nitrogens with one attached hydrogen (secondary N) is 1. The smallest absolute Gasteiger partial charge is 0.306 e. The van der Waals surface area contributed by atoms with Gasteiger partial charge in [0.15, 0.2) is 12.4 Å². The summed E-state index contributed by atoms with van der Waals surface area (Å²) < 4.78 is 17.5. The van der Waals surface area contributed by atoms with Crippen LogP contribution in [0.5, 0.6) is 0 Å². The quantitative estimate of drug-likeness (QED) is 0.0149. The van der Waals surface area contributed by atoms with Gasteiger partial charge in [-0.15, -0.1) is 0 Å². The molecule has 6 N–H and O–H groups in total. The molecule has 0 aliphatic carbocycles. The van der Waals surface area contributed by atoms with Crippen molar-refractivity contribution in [3.63, 3.8) is 0 Å². The van der Waals surface area contributed by atoms with E-state index in [1.54, 1.807) is 12.2 Å².